The molecule has 0 fully saturated rings. The molecule has 0 aliphatic rings. The molecular formula is C26H34Cl3N3O4S. The van der Waals surface area contributed by atoms with Gasteiger partial charge >= 0.3 is 0 Å². The van der Waals surface area contributed by atoms with Crippen molar-refractivity contribution >= 4 is 62.3 Å². The summed E-state index contributed by atoms with van der Waals surface area (Å²) in [5, 5.41) is 4.08. The topological polar surface area (TPSA) is 86.8 Å². The number of amides is 2. The lowest BCUT2D eigenvalue weighted by Gasteiger charge is -2.31. The van der Waals surface area contributed by atoms with Crippen LogP contribution in [-0.4, -0.2) is 50.5 Å². The number of hydrogen-bond acceptors (Lipinski definition) is 4. The summed E-state index contributed by atoms with van der Waals surface area (Å²) in [5.41, 5.74) is 1.85. The van der Waals surface area contributed by atoms with Crippen LogP contribution >= 0.6 is 34.8 Å². The van der Waals surface area contributed by atoms with Gasteiger partial charge in [0.25, 0.3) is 0 Å². The summed E-state index contributed by atoms with van der Waals surface area (Å²) in [7, 11) is -3.62. The number of anilines is 1. The molecule has 0 aromatic heterocycles. The molecule has 37 heavy (non-hydrogen) atoms. The zero-order valence-corrected chi connectivity index (χ0v) is 24.6. The Morgan fingerprint density at radius 2 is 1.73 bits per heavy atom. The van der Waals surface area contributed by atoms with Gasteiger partial charge in [-0.3, -0.25) is 13.9 Å². The Morgan fingerprint density at radius 1 is 1.03 bits per heavy atom. The Morgan fingerprint density at radius 3 is 2.32 bits per heavy atom. The second-order valence-electron chi connectivity index (χ2n) is 8.81. The maximum atomic E-state index is 13.5. The van der Waals surface area contributed by atoms with E-state index < -0.39 is 16.1 Å². The van der Waals surface area contributed by atoms with Crippen molar-refractivity contribution < 1.29 is 18.0 Å². The molecule has 0 heterocycles. The summed E-state index contributed by atoms with van der Waals surface area (Å²) >= 11 is 18.4. The first kappa shape index (κ1) is 31.2. The van der Waals surface area contributed by atoms with E-state index in [1.807, 2.05) is 13.8 Å². The molecule has 0 saturated carbocycles. The number of rotatable bonds is 13. The number of carbonyl (C=O) groups excluding carboxylic acids is 2. The normalized spacial score (nSPS) is 12.2. The highest BCUT2D eigenvalue weighted by Gasteiger charge is 2.29. The average Bonchev–Trinajstić information content (AvgIpc) is 2.83. The third-order valence-electron chi connectivity index (χ3n) is 5.93. The fourth-order valence-corrected chi connectivity index (χ4v) is 5.47. The molecule has 1 atom stereocenters. The summed E-state index contributed by atoms with van der Waals surface area (Å²) in [6.45, 7) is 6.31. The number of nitrogens with one attached hydrogen (secondary N) is 1. The molecule has 11 heteroatoms. The second kappa shape index (κ2) is 14.2. The van der Waals surface area contributed by atoms with E-state index in [0.717, 1.165) is 18.2 Å². The monoisotopic (exact) mass is 589 g/mol. The molecule has 2 aromatic rings. The van der Waals surface area contributed by atoms with E-state index in [9.17, 15) is 18.0 Å². The van der Waals surface area contributed by atoms with Crippen LogP contribution in [-0.2, 0) is 26.2 Å². The van der Waals surface area contributed by atoms with Crippen LogP contribution in [0.25, 0.3) is 0 Å². The number of hydrogen-bond donors (Lipinski definition) is 1. The van der Waals surface area contributed by atoms with E-state index in [1.54, 1.807) is 43.3 Å². The number of halogens is 3. The van der Waals surface area contributed by atoms with Gasteiger partial charge in [0.2, 0.25) is 21.8 Å². The second-order valence-corrected chi connectivity index (χ2v) is 11.9. The highest BCUT2D eigenvalue weighted by atomic mass is 35.5. The van der Waals surface area contributed by atoms with E-state index in [-0.39, 0.29) is 37.7 Å². The van der Waals surface area contributed by atoms with Crippen molar-refractivity contribution in [3.63, 3.8) is 0 Å². The van der Waals surface area contributed by atoms with Crippen molar-refractivity contribution in [1.82, 2.24) is 10.2 Å². The zero-order valence-electron chi connectivity index (χ0n) is 21.6. The lowest BCUT2D eigenvalue weighted by atomic mass is 10.1. The molecular weight excluding hydrogens is 557 g/mol. The van der Waals surface area contributed by atoms with Crippen LogP contribution in [0.15, 0.2) is 36.4 Å². The summed E-state index contributed by atoms with van der Waals surface area (Å²) < 4.78 is 26.4. The zero-order chi connectivity index (χ0) is 27.8. The fourth-order valence-electron chi connectivity index (χ4n) is 3.97. The molecule has 2 amide bonds. The van der Waals surface area contributed by atoms with Gasteiger partial charge in [0, 0.05) is 31.1 Å². The first-order chi connectivity index (χ1) is 17.4. The third kappa shape index (κ3) is 8.77. The molecule has 1 N–H and O–H groups in total. The quantitative estimate of drug-likeness (QED) is 0.318. The largest absolute Gasteiger partial charge is 0.354 e. The molecule has 2 rings (SSSR count). The molecule has 0 unspecified atom stereocenters. The first-order valence-corrected chi connectivity index (χ1v) is 15.1. The van der Waals surface area contributed by atoms with Crippen molar-refractivity contribution in [3.05, 3.63) is 62.6 Å². The SMILES string of the molecule is CCCNC(=O)[C@@H](CC)N(Cc1ccc(Cl)c(Cl)c1)C(=O)CCCN(c1cccc(Cl)c1C)S(C)(=O)=O. The van der Waals surface area contributed by atoms with Crippen molar-refractivity contribution in [2.75, 3.05) is 23.7 Å². The summed E-state index contributed by atoms with van der Waals surface area (Å²) in [6, 6.07) is 9.47. The minimum absolute atomic E-state index is 0.0461. The lowest BCUT2D eigenvalue weighted by Crippen LogP contribution is -2.49. The molecule has 0 bridgehead atoms. The molecule has 0 spiro atoms. The minimum atomic E-state index is -3.62. The van der Waals surface area contributed by atoms with Crippen LogP contribution in [0.4, 0.5) is 5.69 Å². The van der Waals surface area contributed by atoms with Crippen LogP contribution in [0.2, 0.25) is 15.1 Å². The van der Waals surface area contributed by atoms with Crippen molar-refractivity contribution in [2.45, 2.75) is 59.0 Å². The number of benzene rings is 2. The Hall–Kier alpha value is -2.00. The Kier molecular flexibility index (Phi) is 12.0. The van der Waals surface area contributed by atoms with E-state index in [4.69, 9.17) is 34.8 Å². The molecule has 2 aromatic carbocycles. The van der Waals surface area contributed by atoms with E-state index in [0.29, 0.717) is 39.3 Å². The van der Waals surface area contributed by atoms with Crippen LogP contribution in [0.5, 0.6) is 0 Å². The summed E-state index contributed by atoms with van der Waals surface area (Å²) in [4.78, 5) is 27.9. The Balaban J connectivity index is 2.26. The Labute approximate surface area is 235 Å². The van der Waals surface area contributed by atoms with Gasteiger partial charge in [-0.15, -0.1) is 0 Å². The third-order valence-corrected chi connectivity index (χ3v) is 8.26. The van der Waals surface area contributed by atoms with Gasteiger partial charge in [-0.05, 0) is 61.6 Å². The van der Waals surface area contributed by atoms with Gasteiger partial charge < -0.3 is 10.2 Å². The van der Waals surface area contributed by atoms with Crippen LogP contribution in [0.3, 0.4) is 0 Å². The maximum Gasteiger partial charge on any atom is 0.242 e. The van der Waals surface area contributed by atoms with Gasteiger partial charge in [0.05, 0.1) is 22.0 Å². The predicted molar refractivity (Wildman–Crippen MR) is 152 cm³/mol. The van der Waals surface area contributed by atoms with Gasteiger partial charge in [0.15, 0.2) is 0 Å². The van der Waals surface area contributed by atoms with Crippen molar-refractivity contribution in [2.24, 2.45) is 0 Å². The Bertz CT molecular complexity index is 1210. The van der Waals surface area contributed by atoms with Crippen LogP contribution in [0, 0.1) is 6.92 Å². The number of nitrogens with zero attached hydrogens (tertiary/aromatic N) is 2. The highest BCUT2D eigenvalue weighted by molar-refractivity contribution is 7.92. The molecule has 0 radical (unpaired) electrons. The number of sulfonamides is 1. The van der Waals surface area contributed by atoms with Crippen LogP contribution in [0.1, 0.15) is 50.7 Å². The molecule has 0 saturated heterocycles. The molecule has 0 aliphatic carbocycles. The van der Waals surface area contributed by atoms with Crippen LogP contribution < -0.4 is 9.62 Å². The van der Waals surface area contributed by atoms with Crippen molar-refractivity contribution in [3.8, 4) is 0 Å². The minimum Gasteiger partial charge on any atom is -0.354 e. The fraction of sp³-hybridized carbons (Fsp3) is 0.462. The van der Waals surface area contributed by atoms with Gasteiger partial charge in [-0.1, -0.05) is 60.8 Å². The molecule has 7 nitrogen and oxygen atoms in total. The van der Waals surface area contributed by atoms with Crippen molar-refractivity contribution in [1.29, 1.82) is 0 Å². The summed E-state index contributed by atoms with van der Waals surface area (Å²) in [5.74, 6) is -0.495. The standard InChI is InChI=1S/C26H34Cl3N3O4S/c1-5-14-30-26(34)23(6-2)31(17-19-12-13-21(28)22(29)16-19)25(33)11-8-15-32(37(4,35)36)24-10-7-9-20(27)18(24)3/h7,9-10,12-13,16,23H,5-6,8,11,14-15,17H2,1-4H3,(H,30,34)/t23-/m1/s1. The van der Waals surface area contributed by atoms with E-state index in [1.165, 1.54) is 9.21 Å². The molecule has 204 valence electrons. The molecule has 0 aliphatic heterocycles. The first-order valence-electron chi connectivity index (χ1n) is 12.1. The predicted octanol–water partition coefficient (Wildman–Crippen LogP) is 5.84. The average molecular weight is 591 g/mol. The number of carbonyl (C=O) groups is 2. The smallest absolute Gasteiger partial charge is 0.242 e. The van der Waals surface area contributed by atoms with Gasteiger partial charge in [-0.2, -0.15) is 0 Å². The lowest BCUT2D eigenvalue weighted by molar-refractivity contribution is -0.141. The van der Waals surface area contributed by atoms with E-state index in [2.05, 4.69) is 5.32 Å². The summed E-state index contributed by atoms with van der Waals surface area (Å²) in [6.07, 6.45) is 2.61. The van der Waals surface area contributed by atoms with E-state index >= 15 is 0 Å². The van der Waals surface area contributed by atoms with Gasteiger partial charge in [0.1, 0.15) is 6.04 Å². The maximum absolute atomic E-state index is 13.5. The highest BCUT2D eigenvalue weighted by Crippen LogP contribution is 2.29. The van der Waals surface area contributed by atoms with Gasteiger partial charge in [-0.25, -0.2) is 8.42 Å².